The van der Waals surface area contributed by atoms with E-state index in [9.17, 15) is 0 Å². The van der Waals surface area contributed by atoms with E-state index in [0.717, 1.165) is 25.7 Å². The Kier molecular flexibility index (Phi) is 6.50. The Morgan fingerprint density at radius 3 is 2.64 bits per heavy atom. The van der Waals surface area contributed by atoms with Gasteiger partial charge in [-0.15, -0.1) is 0 Å². The fourth-order valence-corrected chi connectivity index (χ4v) is 9.16. The minimum Gasteiger partial charge on any atom is -0.337 e. The fourth-order valence-electron chi connectivity index (χ4n) is 9.16. The topological polar surface area (TPSA) is 8.17 Å². The highest BCUT2D eigenvalue weighted by atomic mass is 15.2. The second-order valence-corrected chi connectivity index (χ2v) is 13.6. The van der Waals surface area contributed by atoms with Gasteiger partial charge in [-0.3, -0.25) is 0 Å². The molecule has 4 atom stereocenters. The molecule has 2 aromatic carbocycles. The average molecular weight is 575 g/mol. The summed E-state index contributed by atoms with van der Waals surface area (Å²) in [5, 5.41) is 4.33. The lowest BCUT2D eigenvalue weighted by molar-refractivity contribution is 0.382. The number of nitrogens with zero attached hydrogens (tertiary/aromatic N) is 2. The molecule has 2 heterocycles. The molecule has 44 heavy (non-hydrogen) atoms. The second kappa shape index (κ2) is 10.8. The molecule has 0 fully saturated rings. The van der Waals surface area contributed by atoms with Gasteiger partial charge in [0, 0.05) is 33.6 Å². The lowest BCUT2D eigenvalue weighted by Gasteiger charge is -2.32. The zero-order chi connectivity index (χ0) is 29.0. The molecule has 0 spiro atoms. The van der Waals surface area contributed by atoms with Crippen LogP contribution < -0.4 is 15.5 Å². The standard InChI is InChI=1S/C42H42N2/c1-3-13-29(14-4-1)31-17-11-19-33(27-31)43-37-23-9-7-21-35(37)41-39(43)25-26-40-42(41)36-22-8-10-24-38(36)44(40)34-20-12-18-32(28-34)30-15-5-2-6-16-30/h1,3-5,7-8,10-11,13,15,17,19,21-22,24,26-30,32,39H,2,6,9,12,14,16,18,20,23,25H2. The zero-order valence-corrected chi connectivity index (χ0v) is 25.7. The number of aromatic nitrogens is 1. The lowest BCUT2D eigenvalue weighted by atomic mass is 9.78. The van der Waals surface area contributed by atoms with Crippen molar-refractivity contribution in [1.29, 1.82) is 0 Å². The predicted octanol–water partition coefficient (Wildman–Crippen LogP) is 9.07. The van der Waals surface area contributed by atoms with Gasteiger partial charge in [0.15, 0.2) is 0 Å². The van der Waals surface area contributed by atoms with Crippen molar-refractivity contribution in [3.63, 3.8) is 0 Å². The van der Waals surface area contributed by atoms with Crippen LogP contribution in [0.2, 0.25) is 0 Å². The van der Waals surface area contributed by atoms with Gasteiger partial charge in [0.25, 0.3) is 0 Å². The number of anilines is 1. The van der Waals surface area contributed by atoms with Gasteiger partial charge in [0.1, 0.15) is 0 Å². The molecule has 5 aliphatic carbocycles. The minimum absolute atomic E-state index is 0.340. The summed E-state index contributed by atoms with van der Waals surface area (Å²) < 4.78 is 2.67. The van der Waals surface area contributed by atoms with E-state index in [0.29, 0.717) is 23.8 Å². The van der Waals surface area contributed by atoms with Crippen LogP contribution in [0.25, 0.3) is 28.2 Å². The molecule has 0 N–H and O–H groups in total. The van der Waals surface area contributed by atoms with Crippen LogP contribution in [0.1, 0.15) is 75.7 Å². The Balaban J connectivity index is 1.22. The van der Waals surface area contributed by atoms with E-state index in [1.54, 1.807) is 5.57 Å². The predicted molar refractivity (Wildman–Crippen MR) is 186 cm³/mol. The van der Waals surface area contributed by atoms with Crippen molar-refractivity contribution >= 4 is 33.9 Å². The third-order valence-corrected chi connectivity index (χ3v) is 11.1. The summed E-state index contributed by atoms with van der Waals surface area (Å²) in [6.45, 7) is 0. The molecule has 1 aliphatic heterocycles. The van der Waals surface area contributed by atoms with E-state index < -0.39 is 0 Å². The maximum atomic E-state index is 2.72. The first-order chi connectivity index (χ1) is 21.8. The lowest BCUT2D eigenvalue weighted by Crippen LogP contribution is -2.41. The monoisotopic (exact) mass is 574 g/mol. The van der Waals surface area contributed by atoms with E-state index >= 15 is 0 Å². The minimum atomic E-state index is 0.340. The molecule has 0 saturated carbocycles. The first-order valence-corrected chi connectivity index (χ1v) is 17.2. The Morgan fingerprint density at radius 1 is 0.773 bits per heavy atom. The number of allylic oxidation sites excluding steroid dienone is 11. The van der Waals surface area contributed by atoms with Gasteiger partial charge >= 0.3 is 0 Å². The molecule has 0 radical (unpaired) electrons. The molecule has 0 amide bonds. The Labute approximate surface area is 261 Å². The maximum absolute atomic E-state index is 2.72. The molecule has 6 aliphatic rings. The van der Waals surface area contributed by atoms with Crippen molar-refractivity contribution in [3.05, 3.63) is 131 Å². The number of rotatable bonds is 4. The van der Waals surface area contributed by atoms with Gasteiger partial charge in [-0.25, -0.2) is 0 Å². The largest absolute Gasteiger partial charge is 0.337 e. The third-order valence-electron chi connectivity index (χ3n) is 11.1. The first-order valence-electron chi connectivity index (χ1n) is 17.2. The van der Waals surface area contributed by atoms with Gasteiger partial charge in [-0.1, -0.05) is 91.1 Å². The molecule has 9 rings (SSSR count). The van der Waals surface area contributed by atoms with E-state index in [1.165, 1.54) is 88.2 Å². The summed E-state index contributed by atoms with van der Waals surface area (Å²) in [7, 11) is 0. The highest BCUT2D eigenvalue weighted by Crippen LogP contribution is 2.45. The molecule has 2 nitrogen and oxygen atoms in total. The number of benzene rings is 2. The number of fused-ring (bicyclic) bond motifs is 5. The van der Waals surface area contributed by atoms with Gasteiger partial charge in [0.2, 0.25) is 0 Å². The van der Waals surface area contributed by atoms with Crippen LogP contribution >= 0.6 is 0 Å². The summed E-state index contributed by atoms with van der Waals surface area (Å²) in [5.74, 6) is 1.83. The van der Waals surface area contributed by atoms with Crippen molar-refractivity contribution < 1.29 is 0 Å². The van der Waals surface area contributed by atoms with Crippen molar-refractivity contribution in [3.8, 4) is 0 Å². The third kappa shape index (κ3) is 4.21. The number of para-hydroxylation sites is 1. The van der Waals surface area contributed by atoms with Crippen molar-refractivity contribution in [1.82, 2.24) is 4.57 Å². The number of hydrogen-bond acceptors (Lipinski definition) is 1. The summed E-state index contributed by atoms with van der Waals surface area (Å²) >= 11 is 0. The van der Waals surface area contributed by atoms with E-state index in [-0.39, 0.29) is 0 Å². The van der Waals surface area contributed by atoms with Crippen LogP contribution in [-0.2, 0) is 0 Å². The molecular formula is C42H42N2. The molecular weight excluding hydrogens is 532 g/mol. The number of hydrogen-bond donors (Lipinski definition) is 0. The Bertz CT molecular complexity index is 1950. The first kappa shape index (κ1) is 26.4. The molecule has 1 aromatic heterocycles. The fraction of sp³-hybridized carbons (Fsp3) is 0.333. The van der Waals surface area contributed by atoms with Crippen molar-refractivity contribution in [2.24, 2.45) is 11.8 Å². The molecule has 4 unspecified atom stereocenters. The molecule has 2 heteroatoms. The van der Waals surface area contributed by atoms with Crippen molar-refractivity contribution in [2.75, 3.05) is 4.90 Å². The van der Waals surface area contributed by atoms with Crippen LogP contribution in [0.15, 0.2) is 114 Å². The Hall–Kier alpha value is -4.04. The second-order valence-electron chi connectivity index (χ2n) is 13.6. The molecule has 220 valence electrons. The van der Waals surface area contributed by atoms with E-state index in [2.05, 4.69) is 119 Å². The van der Waals surface area contributed by atoms with Crippen molar-refractivity contribution in [2.45, 2.75) is 76.2 Å². The van der Waals surface area contributed by atoms with E-state index in [1.807, 2.05) is 0 Å². The average Bonchev–Trinajstić information content (AvgIpc) is 3.62. The summed E-state index contributed by atoms with van der Waals surface area (Å²) in [6, 6.07) is 19.0. The van der Waals surface area contributed by atoms with Gasteiger partial charge in [-0.05, 0) is 111 Å². The van der Waals surface area contributed by atoms with Crippen LogP contribution in [0.4, 0.5) is 5.69 Å². The SMILES string of the molecule is C1=CCC(c2cccc(N3C4=C(C=CCC4)C4=c5c(n(C6=CC(C7C=CCCC7)CCC6)c6ccccc56)=CCC43)c2)C=C1. The highest BCUT2D eigenvalue weighted by Gasteiger charge is 2.39. The van der Waals surface area contributed by atoms with Crippen LogP contribution in [0, 0.1) is 11.8 Å². The molecule has 0 bridgehead atoms. The molecule has 3 aromatic rings. The van der Waals surface area contributed by atoms with Crippen LogP contribution in [0.3, 0.4) is 0 Å². The maximum Gasteiger partial charge on any atom is 0.0637 e. The zero-order valence-electron chi connectivity index (χ0n) is 25.7. The smallest absolute Gasteiger partial charge is 0.0637 e. The van der Waals surface area contributed by atoms with E-state index in [4.69, 9.17) is 0 Å². The molecule has 0 saturated heterocycles. The summed E-state index contributed by atoms with van der Waals surface area (Å²) in [5.41, 5.74) is 10.2. The Morgan fingerprint density at radius 2 is 1.73 bits per heavy atom. The van der Waals surface area contributed by atoms with Crippen LogP contribution in [-0.4, -0.2) is 10.6 Å². The summed E-state index contributed by atoms with van der Waals surface area (Å²) in [6.07, 6.45) is 36.2. The van der Waals surface area contributed by atoms with Gasteiger partial charge in [0.05, 0.1) is 16.9 Å². The normalized spacial score (nSPS) is 27.3. The van der Waals surface area contributed by atoms with Gasteiger partial charge in [-0.2, -0.15) is 0 Å². The highest BCUT2D eigenvalue weighted by molar-refractivity contribution is 5.94. The van der Waals surface area contributed by atoms with Crippen LogP contribution in [0.5, 0.6) is 0 Å². The quantitative estimate of drug-likeness (QED) is 0.282. The summed E-state index contributed by atoms with van der Waals surface area (Å²) in [4.78, 5) is 2.72. The van der Waals surface area contributed by atoms with Gasteiger partial charge < -0.3 is 9.47 Å².